The van der Waals surface area contributed by atoms with E-state index in [0.29, 0.717) is 12.8 Å². The summed E-state index contributed by atoms with van der Waals surface area (Å²) in [5.41, 5.74) is 1.05. The maximum Gasteiger partial charge on any atom is 0.306 e. The maximum atomic E-state index is 11.4. The van der Waals surface area contributed by atoms with Gasteiger partial charge in [-0.25, -0.2) is 0 Å². The van der Waals surface area contributed by atoms with Gasteiger partial charge < -0.3 is 14.6 Å². The molecule has 4 rings (SSSR count). The zero-order valence-electron chi connectivity index (χ0n) is 16.6. The first kappa shape index (κ1) is 19.7. The summed E-state index contributed by atoms with van der Waals surface area (Å²) in [4.78, 5) is 15.0. The standard InChI is InChI=1S/C23H25NO4S/c1-27-17-7-8-19(28-2)18(14-17)22(24-11-9-15(10-12-24)23(25)26)21-13-16-5-3-4-6-20(16)29-21/h3-8,13-15,22H,9-12H2,1-2H3,(H,25,26). The second-order valence-electron chi connectivity index (χ2n) is 7.35. The fourth-order valence-corrected chi connectivity index (χ4v) is 5.34. The Hall–Kier alpha value is -2.57. The number of ether oxygens (including phenoxy) is 2. The van der Waals surface area contributed by atoms with Gasteiger partial charge in [0.2, 0.25) is 0 Å². The van der Waals surface area contributed by atoms with Crippen LogP contribution in [0.2, 0.25) is 0 Å². The number of thiophene rings is 1. The third-order valence-electron chi connectivity index (χ3n) is 5.69. The lowest BCUT2D eigenvalue weighted by atomic mass is 9.93. The van der Waals surface area contributed by atoms with E-state index < -0.39 is 5.97 Å². The summed E-state index contributed by atoms with van der Waals surface area (Å²) in [6.45, 7) is 1.46. The normalized spacial score (nSPS) is 16.6. The van der Waals surface area contributed by atoms with Gasteiger partial charge in [0.05, 0.1) is 26.2 Å². The zero-order chi connectivity index (χ0) is 20.4. The van der Waals surface area contributed by atoms with Crippen molar-refractivity contribution in [3.05, 3.63) is 59.0 Å². The monoisotopic (exact) mass is 411 g/mol. The van der Waals surface area contributed by atoms with Crippen LogP contribution < -0.4 is 9.47 Å². The summed E-state index contributed by atoms with van der Waals surface area (Å²) in [6.07, 6.45) is 1.31. The average Bonchev–Trinajstić information content (AvgIpc) is 3.17. The molecule has 1 aromatic heterocycles. The Labute approximate surface area is 174 Å². The molecule has 1 aliphatic heterocycles. The van der Waals surface area contributed by atoms with Crippen LogP contribution in [0.5, 0.6) is 11.5 Å². The predicted octanol–water partition coefficient (Wildman–Crippen LogP) is 4.80. The number of carboxylic acid groups (broad SMARTS) is 1. The molecule has 1 N–H and O–H groups in total. The van der Waals surface area contributed by atoms with Crippen LogP contribution in [0.1, 0.15) is 29.3 Å². The smallest absolute Gasteiger partial charge is 0.306 e. The van der Waals surface area contributed by atoms with Crippen molar-refractivity contribution in [1.29, 1.82) is 0 Å². The van der Waals surface area contributed by atoms with Gasteiger partial charge in [-0.1, -0.05) is 18.2 Å². The highest BCUT2D eigenvalue weighted by molar-refractivity contribution is 7.19. The third kappa shape index (κ3) is 3.95. The lowest BCUT2D eigenvalue weighted by Gasteiger charge is -2.37. The number of likely N-dealkylation sites (tertiary alicyclic amines) is 1. The highest BCUT2D eigenvalue weighted by Crippen LogP contribution is 2.42. The first-order valence-corrected chi connectivity index (χ1v) is 10.6. The van der Waals surface area contributed by atoms with E-state index in [1.165, 1.54) is 15.0 Å². The van der Waals surface area contributed by atoms with E-state index >= 15 is 0 Å². The zero-order valence-corrected chi connectivity index (χ0v) is 17.4. The van der Waals surface area contributed by atoms with Crippen LogP contribution >= 0.6 is 11.3 Å². The Bertz CT molecular complexity index is 974. The van der Waals surface area contributed by atoms with Gasteiger partial charge in [0.15, 0.2) is 0 Å². The molecule has 0 saturated carbocycles. The Morgan fingerprint density at radius 3 is 2.52 bits per heavy atom. The second-order valence-corrected chi connectivity index (χ2v) is 8.46. The molecule has 1 fully saturated rings. The Kier molecular flexibility index (Phi) is 5.74. The molecule has 1 unspecified atom stereocenters. The van der Waals surface area contributed by atoms with Crippen LogP contribution in [-0.2, 0) is 4.79 Å². The van der Waals surface area contributed by atoms with Crippen molar-refractivity contribution in [2.75, 3.05) is 27.3 Å². The summed E-state index contributed by atoms with van der Waals surface area (Å²) in [7, 11) is 3.35. The first-order valence-electron chi connectivity index (χ1n) is 9.78. The van der Waals surface area contributed by atoms with E-state index in [0.717, 1.165) is 30.2 Å². The van der Waals surface area contributed by atoms with Crippen molar-refractivity contribution in [3.63, 3.8) is 0 Å². The van der Waals surface area contributed by atoms with Crippen LogP contribution in [0.4, 0.5) is 0 Å². The molecular weight excluding hydrogens is 386 g/mol. The molecule has 0 aliphatic carbocycles. The van der Waals surface area contributed by atoms with E-state index in [4.69, 9.17) is 9.47 Å². The number of piperidine rings is 1. The molecule has 29 heavy (non-hydrogen) atoms. The SMILES string of the molecule is COc1ccc(OC)c(C(c2cc3ccccc3s2)N2CCC(C(=O)O)CC2)c1. The number of hydrogen-bond acceptors (Lipinski definition) is 5. The van der Waals surface area contributed by atoms with E-state index in [-0.39, 0.29) is 12.0 Å². The average molecular weight is 412 g/mol. The highest BCUT2D eigenvalue weighted by atomic mass is 32.1. The number of rotatable bonds is 6. The van der Waals surface area contributed by atoms with Crippen LogP contribution in [0.15, 0.2) is 48.5 Å². The molecule has 0 amide bonds. The van der Waals surface area contributed by atoms with E-state index in [2.05, 4.69) is 35.2 Å². The minimum absolute atomic E-state index is 0.00723. The van der Waals surface area contributed by atoms with Gasteiger partial charge in [-0.2, -0.15) is 0 Å². The van der Waals surface area contributed by atoms with Crippen molar-refractivity contribution in [1.82, 2.24) is 4.90 Å². The molecule has 1 saturated heterocycles. The van der Waals surface area contributed by atoms with Gasteiger partial charge in [0.25, 0.3) is 0 Å². The Morgan fingerprint density at radius 1 is 1.10 bits per heavy atom. The lowest BCUT2D eigenvalue weighted by Crippen LogP contribution is -2.39. The Balaban J connectivity index is 1.78. The fraction of sp³-hybridized carbons (Fsp3) is 0.348. The van der Waals surface area contributed by atoms with Gasteiger partial charge >= 0.3 is 5.97 Å². The number of aliphatic carboxylic acids is 1. The molecule has 6 heteroatoms. The number of nitrogens with zero attached hydrogens (tertiary/aromatic N) is 1. The molecule has 1 atom stereocenters. The molecule has 5 nitrogen and oxygen atoms in total. The molecule has 0 bridgehead atoms. The van der Waals surface area contributed by atoms with Crippen molar-refractivity contribution < 1.29 is 19.4 Å². The van der Waals surface area contributed by atoms with E-state index in [1.807, 2.05) is 18.2 Å². The largest absolute Gasteiger partial charge is 0.497 e. The summed E-state index contributed by atoms with van der Waals surface area (Å²) in [6, 6.07) is 16.5. The van der Waals surface area contributed by atoms with Crippen molar-refractivity contribution >= 4 is 27.4 Å². The summed E-state index contributed by atoms with van der Waals surface area (Å²) in [5.74, 6) is 0.643. The van der Waals surface area contributed by atoms with E-state index in [9.17, 15) is 9.90 Å². The number of hydrogen-bond donors (Lipinski definition) is 1. The second kappa shape index (κ2) is 8.43. The number of carboxylic acids is 1. The molecular formula is C23H25NO4S. The van der Waals surface area contributed by atoms with E-state index in [1.54, 1.807) is 25.6 Å². The quantitative estimate of drug-likeness (QED) is 0.631. The first-order chi connectivity index (χ1) is 14.1. The molecule has 3 aromatic rings. The summed E-state index contributed by atoms with van der Waals surface area (Å²) >= 11 is 1.78. The predicted molar refractivity (Wildman–Crippen MR) is 115 cm³/mol. The molecule has 1 aliphatic rings. The van der Waals surface area contributed by atoms with Crippen LogP contribution in [0.3, 0.4) is 0 Å². The molecule has 152 valence electrons. The maximum absolute atomic E-state index is 11.4. The topological polar surface area (TPSA) is 59.0 Å². The highest BCUT2D eigenvalue weighted by Gasteiger charge is 2.32. The number of fused-ring (bicyclic) bond motifs is 1. The number of methoxy groups -OCH3 is 2. The van der Waals surface area contributed by atoms with Crippen molar-refractivity contribution in [2.24, 2.45) is 5.92 Å². The van der Waals surface area contributed by atoms with Crippen LogP contribution in [0, 0.1) is 5.92 Å². The molecule has 2 aromatic carbocycles. The fourth-order valence-electron chi connectivity index (χ4n) is 4.12. The Morgan fingerprint density at radius 2 is 1.86 bits per heavy atom. The van der Waals surface area contributed by atoms with Gasteiger partial charge in [0.1, 0.15) is 11.5 Å². The van der Waals surface area contributed by atoms with Gasteiger partial charge in [-0.05, 0) is 61.6 Å². The third-order valence-corrected chi connectivity index (χ3v) is 6.86. The van der Waals surface area contributed by atoms with Crippen LogP contribution in [0.25, 0.3) is 10.1 Å². The van der Waals surface area contributed by atoms with Gasteiger partial charge in [0, 0.05) is 15.1 Å². The van der Waals surface area contributed by atoms with Crippen molar-refractivity contribution in [3.8, 4) is 11.5 Å². The number of benzene rings is 2. The molecule has 0 spiro atoms. The number of carbonyl (C=O) groups is 1. The minimum atomic E-state index is -0.693. The van der Waals surface area contributed by atoms with Gasteiger partial charge in [-0.3, -0.25) is 9.69 Å². The van der Waals surface area contributed by atoms with Gasteiger partial charge in [-0.15, -0.1) is 11.3 Å². The van der Waals surface area contributed by atoms with Crippen LogP contribution in [-0.4, -0.2) is 43.3 Å². The summed E-state index contributed by atoms with van der Waals surface area (Å²) in [5, 5.41) is 10.6. The summed E-state index contributed by atoms with van der Waals surface area (Å²) < 4.78 is 12.4. The lowest BCUT2D eigenvalue weighted by molar-refractivity contribution is -0.143. The minimum Gasteiger partial charge on any atom is -0.497 e. The van der Waals surface area contributed by atoms with Crippen molar-refractivity contribution in [2.45, 2.75) is 18.9 Å². The molecule has 2 heterocycles. The molecule has 0 radical (unpaired) electrons.